The molecule has 0 bridgehead atoms. The number of aliphatic hydroxyl groups is 1. The molecule has 132 valence electrons. The molecule has 0 spiro atoms. The average Bonchev–Trinajstić information content (AvgIpc) is 2.85. The highest BCUT2D eigenvalue weighted by Crippen LogP contribution is 2.66. The Kier molecular flexibility index (Phi) is 3.89. The molecule has 4 aliphatic carbocycles. The van der Waals surface area contributed by atoms with Gasteiger partial charge < -0.3 is 10.0 Å². The van der Waals surface area contributed by atoms with Crippen LogP contribution in [0.3, 0.4) is 0 Å². The molecule has 4 aliphatic rings. The summed E-state index contributed by atoms with van der Waals surface area (Å²) in [6, 6.07) is 0.798. The minimum absolute atomic E-state index is 0.0110. The molecule has 0 unspecified atom stereocenters. The monoisotopic (exact) mass is 319 g/mol. The molecule has 0 aliphatic heterocycles. The molecule has 0 saturated heterocycles. The van der Waals surface area contributed by atoms with Gasteiger partial charge in [0.15, 0.2) is 0 Å². The van der Waals surface area contributed by atoms with E-state index in [4.69, 9.17) is 0 Å². The van der Waals surface area contributed by atoms with Gasteiger partial charge in [0.25, 0.3) is 0 Å². The second-order valence-corrected chi connectivity index (χ2v) is 10.2. The number of fused-ring (bicyclic) bond motifs is 5. The van der Waals surface area contributed by atoms with Crippen molar-refractivity contribution >= 4 is 0 Å². The second-order valence-electron chi connectivity index (χ2n) is 10.2. The Labute approximate surface area is 143 Å². The minimum atomic E-state index is -0.0110. The SMILES string of the molecule is CN(C)[C@H]1CC[C@@H]2[C@H]3CC[C@H]4C[C@@H](O)CC[C@]4(C)[C@H]3CC[C@@]21C. The zero-order valence-electron chi connectivity index (χ0n) is 15.7. The van der Waals surface area contributed by atoms with Crippen molar-refractivity contribution in [1.29, 1.82) is 0 Å². The molecule has 2 heteroatoms. The summed E-state index contributed by atoms with van der Waals surface area (Å²) in [4.78, 5) is 2.52. The molecule has 8 atom stereocenters. The lowest BCUT2D eigenvalue weighted by Crippen LogP contribution is -2.55. The standard InChI is InChI=1S/C21H37NO/c1-20-11-9-15(23)13-14(20)5-6-16-17-7-8-19(22(3)4)21(17,2)12-10-18(16)20/h14-19,23H,5-13H2,1-4H3/t14-,15-,16+,17+,18-,19-,20-,21-/m0/s1. The molecule has 0 aromatic heterocycles. The molecule has 0 aromatic rings. The van der Waals surface area contributed by atoms with Crippen LogP contribution in [-0.4, -0.2) is 36.2 Å². The summed E-state index contributed by atoms with van der Waals surface area (Å²) in [6.45, 7) is 5.21. The van der Waals surface area contributed by atoms with E-state index < -0.39 is 0 Å². The predicted molar refractivity (Wildman–Crippen MR) is 95.2 cm³/mol. The van der Waals surface area contributed by atoms with Gasteiger partial charge in [-0.15, -0.1) is 0 Å². The van der Waals surface area contributed by atoms with E-state index in [2.05, 4.69) is 32.8 Å². The summed E-state index contributed by atoms with van der Waals surface area (Å²) >= 11 is 0. The molecule has 0 heterocycles. The maximum Gasteiger partial charge on any atom is 0.0543 e. The normalized spacial score (nSPS) is 56.1. The maximum absolute atomic E-state index is 10.1. The van der Waals surface area contributed by atoms with E-state index in [1.54, 1.807) is 0 Å². The highest BCUT2D eigenvalue weighted by molar-refractivity contribution is 5.10. The van der Waals surface area contributed by atoms with Gasteiger partial charge in [0.1, 0.15) is 0 Å². The zero-order valence-corrected chi connectivity index (χ0v) is 15.7. The van der Waals surface area contributed by atoms with Gasteiger partial charge in [-0.3, -0.25) is 0 Å². The Balaban J connectivity index is 1.60. The van der Waals surface area contributed by atoms with Crippen molar-refractivity contribution in [3.05, 3.63) is 0 Å². The van der Waals surface area contributed by atoms with Crippen LogP contribution in [0.25, 0.3) is 0 Å². The van der Waals surface area contributed by atoms with Crippen LogP contribution in [-0.2, 0) is 0 Å². The first-order chi connectivity index (χ1) is 10.9. The largest absolute Gasteiger partial charge is 0.393 e. The summed E-state index contributed by atoms with van der Waals surface area (Å²) in [7, 11) is 4.59. The van der Waals surface area contributed by atoms with E-state index >= 15 is 0 Å². The fourth-order valence-electron chi connectivity index (χ4n) is 8.06. The van der Waals surface area contributed by atoms with E-state index in [-0.39, 0.29) is 6.10 Å². The quantitative estimate of drug-likeness (QED) is 0.778. The Bertz CT molecular complexity index is 463. The number of aliphatic hydroxyl groups excluding tert-OH is 1. The highest BCUT2D eigenvalue weighted by Gasteiger charge is 2.60. The van der Waals surface area contributed by atoms with Crippen LogP contribution in [0.4, 0.5) is 0 Å². The molecule has 1 N–H and O–H groups in total. The molecule has 23 heavy (non-hydrogen) atoms. The van der Waals surface area contributed by atoms with Crippen molar-refractivity contribution in [2.75, 3.05) is 14.1 Å². The highest BCUT2D eigenvalue weighted by atomic mass is 16.3. The topological polar surface area (TPSA) is 23.5 Å². The van der Waals surface area contributed by atoms with Crippen molar-refractivity contribution in [2.45, 2.75) is 83.8 Å². The van der Waals surface area contributed by atoms with Crippen molar-refractivity contribution in [2.24, 2.45) is 34.5 Å². The minimum Gasteiger partial charge on any atom is -0.393 e. The predicted octanol–water partition coefficient (Wildman–Crippen LogP) is 4.32. The van der Waals surface area contributed by atoms with Gasteiger partial charge in [0.05, 0.1) is 6.10 Å². The smallest absolute Gasteiger partial charge is 0.0543 e. The van der Waals surface area contributed by atoms with Gasteiger partial charge in [0.2, 0.25) is 0 Å². The van der Waals surface area contributed by atoms with Crippen LogP contribution in [0, 0.1) is 34.5 Å². The van der Waals surface area contributed by atoms with E-state index in [1.165, 1.54) is 44.9 Å². The number of rotatable bonds is 1. The molecule has 0 aromatic carbocycles. The summed E-state index contributed by atoms with van der Waals surface area (Å²) < 4.78 is 0. The summed E-state index contributed by atoms with van der Waals surface area (Å²) in [5.41, 5.74) is 1.09. The Hall–Kier alpha value is -0.0800. The van der Waals surface area contributed by atoms with Crippen molar-refractivity contribution in [3.8, 4) is 0 Å². The lowest BCUT2D eigenvalue weighted by molar-refractivity contribution is -0.127. The summed E-state index contributed by atoms with van der Waals surface area (Å²) in [5.74, 6) is 3.66. The van der Waals surface area contributed by atoms with E-state index in [9.17, 15) is 5.11 Å². The molecule has 2 nitrogen and oxygen atoms in total. The first-order valence-electron chi connectivity index (χ1n) is 10.2. The molecule has 4 saturated carbocycles. The molecular formula is C21H37NO. The Morgan fingerprint density at radius 3 is 2.26 bits per heavy atom. The average molecular weight is 320 g/mol. The molecule has 4 rings (SSSR count). The van der Waals surface area contributed by atoms with Crippen LogP contribution < -0.4 is 0 Å². The summed E-state index contributed by atoms with van der Waals surface area (Å²) in [6.07, 6.45) is 12.0. The second kappa shape index (κ2) is 5.46. The van der Waals surface area contributed by atoms with Gasteiger partial charge in [-0.25, -0.2) is 0 Å². The van der Waals surface area contributed by atoms with E-state index in [0.29, 0.717) is 10.8 Å². The Morgan fingerprint density at radius 2 is 1.52 bits per heavy atom. The zero-order chi connectivity index (χ0) is 16.4. The van der Waals surface area contributed by atoms with Gasteiger partial charge in [0, 0.05) is 6.04 Å². The molecule has 0 radical (unpaired) electrons. The fraction of sp³-hybridized carbons (Fsp3) is 1.00. The van der Waals surface area contributed by atoms with Crippen LogP contribution in [0.2, 0.25) is 0 Å². The molecular weight excluding hydrogens is 282 g/mol. The van der Waals surface area contributed by atoms with E-state index in [1.807, 2.05) is 0 Å². The summed E-state index contributed by atoms with van der Waals surface area (Å²) in [5, 5.41) is 10.1. The molecule has 4 fully saturated rings. The lowest BCUT2D eigenvalue weighted by atomic mass is 9.45. The molecule has 0 amide bonds. The van der Waals surface area contributed by atoms with Gasteiger partial charge in [-0.2, -0.15) is 0 Å². The number of nitrogens with zero attached hydrogens (tertiary/aromatic N) is 1. The first kappa shape index (κ1) is 16.4. The van der Waals surface area contributed by atoms with Crippen LogP contribution in [0.15, 0.2) is 0 Å². The van der Waals surface area contributed by atoms with Crippen molar-refractivity contribution < 1.29 is 5.11 Å². The van der Waals surface area contributed by atoms with Crippen LogP contribution >= 0.6 is 0 Å². The Morgan fingerprint density at radius 1 is 0.826 bits per heavy atom. The fourth-order valence-corrected chi connectivity index (χ4v) is 8.06. The van der Waals surface area contributed by atoms with Gasteiger partial charge >= 0.3 is 0 Å². The van der Waals surface area contributed by atoms with E-state index in [0.717, 1.165) is 42.6 Å². The third-order valence-corrected chi connectivity index (χ3v) is 9.21. The third kappa shape index (κ3) is 2.27. The first-order valence-corrected chi connectivity index (χ1v) is 10.2. The van der Waals surface area contributed by atoms with Crippen molar-refractivity contribution in [3.63, 3.8) is 0 Å². The van der Waals surface area contributed by atoms with Crippen LogP contribution in [0.5, 0.6) is 0 Å². The maximum atomic E-state index is 10.1. The van der Waals surface area contributed by atoms with Crippen molar-refractivity contribution in [1.82, 2.24) is 4.90 Å². The number of hydrogen-bond acceptors (Lipinski definition) is 2. The lowest BCUT2D eigenvalue weighted by Gasteiger charge is -2.61. The van der Waals surface area contributed by atoms with Crippen LogP contribution in [0.1, 0.15) is 71.6 Å². The van der Waals surface area contributed by atoms with Gasteiger partial charge in [-0.1, -0.05) is 13.8 Å². The number of hydrogen-bond donors (Lipinski definition) is 1. The van der Waals surface area contributed by atoms with Gasteiger partial charge in [-0.05, 0) is 106 Å². The third-order valence-electron chi connectivity index (χ3n) is 9.21.